The molecule has 234 valence electrons. The number of hydrogen-bond donors (Lipinski definition) is 3. The van der Waals surface area contributed by atoms with Gasteiger partial charge < -0.3 is 34.9 Å². The third-order valence-corrected chi connectivity index (χ3v) is 9.03. The number of rotatable bonds is 5. The summed E-state index contributed by atoms with van der Waals surface area (Å²) < 4.78 is 16.5. The molecule has 2 aromatic carbocycles. The number of nitrogens with one attached hydrogen (secondary N) is 2. The van der Waals surface area contributed by atoms with Crippen LogP contribution in [0.4, 0.5) is 21.0 Å². The van der Waals surface area contributed by atoms with Gasteiger partial charge in [0.15, 0.2) is 6.10 Å². The van der Waals surface area contributed by atoms with Gasteiger partial charge in [-0.2, -0.15) is 5.26 Å². The molecule has 0 radical (unpaired) electrons. The summed E-state index contributed by atoms with van der Waals surface area (Å²) in [5, 5.41) is 25.4. The van der Waals surface area contributed by atoms with Crippen LogP contribution in [0.5, 0.6) is 11.5 Å². The van der Waals surface area contributed by atoms with Crippen molar-refractivity contribution in [3.63, 3.8) is 0 Å². The number of benzene rings is 2. The number of anilines is 2. The Morgan fingerprint density at radius 3 is 2.50 bits per heavy atom. The van der Waals surface area contributed by atoms with Crippen molar-refractivity contribution in [3.05, 3.63) is 47.0 Å². The van der Waals surface area contributed by atoms with Crippen molar-refractivity contribution in [2.45, 2.75) is 83.3 Å². The number of methoxy groups -OCH3 is 1. The molecular formula is C33H40N4O7. The minimum absolute atomic E-state index is 0.0482. The summed E-state index contributed by atoms with van der Waals surface area (Å²) in [6, 6.07) is 10.6. The minimum Gasteiger partial charge on any atom is -0.477 e. The molecule has 11 nitrogen and oxygen atoms in total. The van der Waals surface area contributed by atoms with Crippen molar-refractivity contribution in [2.24, 2.45) is 5.41 Å². The Bertz CT molecular complexity index is 1470. The molecule has 5 rings (SSSR count). The summed E-state index contributed by atoms with van der Waals surface area (Å²) >= 11 is 0. The van der Waals surface area contributed by atoms with E-state index in [0.29, 0.717) is 47.8 Å². The summed E-state index contributed by atoms with van der Waals surface area (Å²) in [4.78, 5) is 39.6. The van der Waals surface area contributed by atoms with E-state index in [2.05, 4.69) is 16.7 Å². The van der Waals surface area contributed by atoms with Gasteiger partial charge in [0.2, 0.25) is 0 Å². The highest BCUT2D eigenvalue weighted by Gasteiger charge is 2.40. The Balaban J connectivity index is 1.51. The van der Waals surface area contributed by atoms with Crippen molar-refractivity contribution >= 4 is 29.5 Å². The van der Waals surface area contributed by atoms with Crippen LogP contribution in [-0.4, -0.2) is 60.5 Å². The number of carbonyl (C=O) groups excluding carboxylic acids is 2. The average Bonchev–Trinajstić information content (AvgIpc) is 3.54. The fourth-order valence-electron chi connectivity index (χ4n) is 6.73. The van der Waals surface area contributed by atoms with E-state index >= 15 is 0 Å². The standard InChI is InChI=1S/C33H40N4O7/c1-33(2,3)29-14-21(11-12-37(29)31(39)40)22-15-23(20-7-5-6-8-20)27(44-32(41)42-4)16-24(22)36-30(38)28-18-35-25-13-19(17-34)9-10-26(25)43-28/h9-10,13,15-16,20-21,28-29,35H,5-8,11-12,14,18H2,1-4H3,(H,36,38)(H,39,40). The Labute approximate surface area is 257 Å². The predicted octanol–water partition coefficient (Wildman–Crippen LogP) is 6.44. The SMILES string of the molecule is COC(=O)Oc1cc(NC(=O)C2CNc3cc(C#N)ccc3O2)c(C2CCN(C(=O)O)C(C(C)(C)C)C2)cc1C1CCCC1. The first-order chi connectivity index (χ1) is 21.0. The zero-order valence-corrected chi connectivity index (χ0v) is 25.6. The van der Waals surface area contributed by atoms with Crippen LogP contribution in [0.1, 0.15) is 87.8 Å². The topological polar surface area (TPSA) is 150 Å². The van der Waals surface area contributed by atoms with Crippen molar-refractivity contribution in [2.75, 3.05) is 30.8 Å². The van der Waals surface area contributed by atoms with E-state index in [-0.39, 0.29) is 35.7 Å². The first-order valence-electron chi connectivity index (χ1n) is 15.2. The third kappa shape index (κ3) is 6.54. The van der Waals surface area contributed by atoms with E-state index in [0.717, 1.165) is 36.8 Å². The molecule has 0 bridgehead atoms. The molecule has 2 aromatic rings. The van der Waals surface area contributed by atoms with Gasteiger partial charge in [0.1, 0.15) is 11.5 Å². The largest absolute Gasteiger partial charge is 0.513 e. The molecule has 2 amide bonds. The molecule has 3 atom stereocenters. The van der Waals surface area contributed by atoms with Crippen molar-refractivity contribution in [3.8, 4) is 17.6 Å². The first kappa shape index (κ1) is 31.0. The summed E-state index contributed by atoms with van der Waals surface area (Å²) in [5.74, 6) is 0.567. The highest BCUT2D eigenvalue weighted by molar-refractivity contribution is 5.96. The van der Waals surface area contributed by atoms with Gasteiger partial charge >= 0.3 is 12.2 Å². The number of nitriles is 1. The Kier molecular flexibility index (Phi) is 8.90. The second-order valence-electron chi connectivity index (χ2n) is 12.9. The van der Waals surface area contributed by atoms with Crippen LogP contribution in [-0.2, 0) is 9.53 Å². The number of hydrogen-bond acceptors (Lipinski definition) is 8. The lowest BCUT2D eigenvalue weighted by atomic mass is 9.74. The van der Waals surface area contributed by atoms with Crippen LogP contribution in [0.3, 0.4) is 0 Å². The molecule has 11 heteroatoms. The number of piperidine rings is 1. The molecule has 2 fully saturated rings. The second kappa shape index (κ2) is 12.6. The normalized spacial score (nSPS) is 21.7. The Morgan fingerprint density at radius 2 is 1.84 bits per heavy atom. The monoisotopic (exact) mass is 604 g/mol. The third-order valence-electron chi connectivity index (χ3n) is 9.03. The molecule has 44 heavy (non-hydrogen) atoms. The smallest absolute Gasteiger partial charge is 0.477 e. The lowest BCUT2D eigenvalue weighted by molar-refractivity contribution is -0.122. The highest BCUT2D eigenvalue weighted by atomic mass is 16.7. The van der Waals surface area contributed by atoms with Crippen LogP contribution >= 0.6 is 0 Å². The minimum atomic E-state index is -0.936. The lowest BCUT2D eigenvalue weighted by Crippen LogP contribution is -2.51. The van der Waals surface area contributed by atoms with Gasteiger partial charge in [-0.05, 0) is 78.3 Å². The number of amides is 2. The van der Waals surface area contributed by atoms with Crippen molar-refractivity contribution in [1.82, 2.24) is 4.90 Å². The van der Waals surface area contributed by atoms with Crippen LogP contribution in [0, 0.1) is 16.7 Å². The quantitative estimate of drug-likeness (QED) is 0.259. The van der Waals surface area contributed by atoms with Crippen molar-refractivity contribution in [1.29, 1.82) is 5.26 Å². The van der Waals surface area contributed by atoms with E-state index in [9.17, 15) is 24.8 Å². The second-order valence-corrected chi connectivity index (χ2v) is 12.9. The maximum Gasteiger partial charge on any atom is 0.513 e. The zero-order valence-electron chi connectivity index (χ0n) is 25.6. The van der Waals surface area contributed by atoms with E-state index < -0.39 is 18.4 Å². The summed E-state index contributed by atoms with van der Waals surface area (Å²) in [6.07, 6.45) is 2.58. The number of fused-ring (bicyclic) bond motifs is 1. The van der Waals surface area contributed by atoms with E-state index in [1.807, 2.05) is 26.8 Å². The molecule has 3 aliphatic rings. The molecule has 1 aliphatic carbocycles. The molecule has 2 aliphatic heterocycles. The summed E-state index contributed by atoms with van der Waals surface area (Å²) in [5.41, 5.74) is 3.10. The average molecular weight is 605 g/mol. The molecule has 2 heterocycles. The molecule has 1 saturated heterocycles. The van der Waals surface area contributed by atoms with Crippen LogP contribution < -0.4 is 20.1 Å². The Hall–Kier alpha value is -4.46. The highest BCUT2D eigenvalue weighted by Crippen LogP contribution is 2.46. The van der Waals surface area contributed by atoms with E-state index in [1.54, 1.807) is 24.3 Å². The van der Waals surface area contributed by atoms with E-state index in [4.69, 9.17) is 14.2 Å². The molecular weight excluding hydrogens is 564 g/mol. The Morgan fingerprint density at radius 1 is 1.09 bits per heavy atom. The van der Waals surface area contributed by atoms with Gasteiger partial charge in [-0.15, -0.1) is 0 Å². The van der Waals surface area contributed by atoms with Crippen molar-refractivity contribution < 1.29 is 33.7 Å². The van der Waals surface area contributed by atoms with Gasteiger partial charge in [-0.25, -0.2) is 9.59 Å². The van der Waals surface area contributed by atoms with Crippen LogP contribution in [0.15, 0.2) is 30.3 Å². The van der Waals surface area contributed by atoms with Gasteiger partial charge in [0.05, 0.1) is 31.0 Å². The summed E-state index contributed by atoms with van der Waals surface area (Å²) in [7, 11) is 1.25. The molecule has 3 unspecified atom stereocenters. The number of nitrogens with zero attached hydrogens (tertiary/aromatic N) is 2. The fourth-order valence-corrected chi connectivity index (χ4v) is 6.73. The van der Waals surface area contributed by atoms with E-state index in [1.165, 1.54) is 12.0 Å². The van der Waals surface area contributed by atoms with Crippen LogP contribution in [0.2, 0.25) is 0 Å². The maximum absolute atomic E-state index is 13.7. The molecule has 1 saturated carbocycles. The lowest BCUT2D eigenvalue weighted by Gasteiger charge is -2.45. The van der Waals surface area contributed by atoms with Gasteiger partial charge in [0.25, 0.3) is 5.91 Å². The first-order valence-corrected chi connectivity index (χ1v) is 15.2. The predicted molar refractivity (Wildman–Crippen MR) is 163 cm³/mol. The van der Waals surface area contributed by atoms with Gasteiger partial charge in [-0.1, -0.05) is 33.6 Å². The number of likely N-dealkylation sites (tertiary alicyclic amines) is 1. The number of carbonyl (C=O) groups is 3. The fraction of sp³-hybridized carbons (Fsp3) is 0.515. The molecule has 0 aromatic heterocycles. The number of ether oxygens (including phenoxy) is 3. The van der Waals surface area contributed by atoms with Crippen LogP contribution in [0.25, 0.3) is 0 Å². The number of carboxylic acid groups (broad SMARTS) is 1. The molecule has 0 spiro atoms. The zero-order chi connectivity index (χ0) is 31.6. The summed E-state index contributed by atoms with van der Waals surface area (Å²) in [6.45, 7) is 6.69. The van der Waals surface area contributed by atoms with Gasteiger partial charge in [-0.3, -0.25) is 4.79 Å². The van der Waals surface area contributed by atoms with Gasteiger partial charge in [0, 0.05) is 24.3 Å². The maximum atomic E-state index is 13.7. The molecule has 3 N–H and O–H groups in total.